The lowest BCUT2D eigenvalue weighted by Crippen LogP contribution is -2.53. The van der Waals surface area contributed by atoms with Gasteiger partial charge in [0.25, 0.3) is 5.91 Å². The smallest absolute Gasteiger partial charge is 0.255 e. The number of anilines is 1. The lowest BCUT2D eigenvalue weighted by atomic mass is 10.00. The second kappa shape index (κ2) is 10.7. The fraction of sp³-hybridized carbons (Fsp3) is 0.348. The van der Waals surface area contributed by atoms with Crippen molar-refractivity contribution < 1.29 is 24.2 Å². The molecule has 8 heteroatoms. The maximum atomic E-state index is 12.4. The number of benzene rings is 2. The highest BCUT2D eigenvalue weighted by Gasteiger charge is 2.34. The minimum absolute atomic E-state index is 0.00430. The van der Waals surface area contributed by atoms with Crippen molar-refractivity contribution in [3.8, 4) is 6.07 Å². The summed E-state index contributed by atoms with van der Waals surface area (Å²) in [7, 11) is 0. The van der Waals surface area contributed by atoms with Gasteiger partial charge in [-0.3, -0.25) is 9.59 Å². The zero-order chi connectivity index (χ0) is 22.2. The van der Waals surface area contributed by atoms with Crippen molar-refractivity contribution in [1.29, 1.82) is 5.26 Å². The highest BCUT2D eigenvalue weighted by atomic mass is 16.5. The fourth-order valence-electron chi connectivity index (χ4n) is 3.37. The lowest BCUT2D eigenvalue weighted by molar-refractivity contribution is -0.155. The number of hydrogen-bond donors (Lipinski definition) is 2. The van der Waals surface area contributed by atoms with Crippen molar-refractivity contribution in [3.63, 3.8) is 0 Å². The molecule has 2 aromatic carbocycles. The zero-order valence-corrected chi connectivity index (χ0v) is 17.3. The van der Waals surface area contributed by atoms with E-state index in [1.165, 1.54) is 0 Å². The van der Waals surface area contributed by atoms with Crippen LogP contribution in [0.5, 0.6) is 0 Å². The lowest BCUT2D eigenvalue weighted by Gasteiger charge is -2.38. The Kier molecular flexibility index (Phi) is 7.73. The first-order chi connectivity index (χ1) is 15.0. The molecule has 0 bridgehead atoms. The summed E-state index contributed by atoms with van der Waals surface area (Å²) in [5.41, 5.74) is 2.09. The van der Waals surface area contributed by atoms with Crippen molar-refractivity contribution in [2.24, 2.45) is 0 Å². The normalized spacial score (nSPS) is 17.1. The summed E-state index contributed by atoms with van der Waals surface area (Å²) in [5.74, 6) is -0.479. The third-order valence-corrected chi connectivity index (χ3v) is 5.07. The average molecular weight is 423 g/mol. The van der Waals surface area contributed by atoms with Gasteiger partial charge in [-0.2, -0.15) is 5.26 Å². The number of nitrogens with one attached hydrogen (secondary N) is 1. The van der Waals surface area contributed by atoms with Crippen LogP contribution >= 0.6 is 0 Å². The SMILES string of the molecule is CCOCCN1C(=O)COC[C@@H]1[C@H](O)c1ccc(NC(=O)c2ccc(C#N)cc2)cc1. The van der Waals surface area contributed by atoms with E-state index in [0.717, 1.165) is 0 Å². The second-order valence-electron chi connectivity index (χ2n) is 7.08. The number of aliphatic hydroxyl groups is 1. The molecular formula is C23H25N3O5. The molecule has 1 fully saturated rings. The summed E-state index contributed by atoms with van der Waals surface area (Å²) >= 11 is 0. The molecular weight excluding hydrogens is 398 g/mol. The van der Waals surface area contributed by atoms with Gasteiger partial charge in [-0.25, -0.2) is 0 Å². The van der Waals surface area contributed by atoms with Crippen LogP contribution in [0.1, 0.15) is 34.5 Å². The van der Waals surface area contributed by atoms with Crippen LogP contribution < -0.4 is 5.32 Å². The Morgan fingerprint density at radius 1 is 1.29 bits per heavy atom. The average Bonchev–Trinajstić information content (AvgIpc) is 2.80. The van der Waals surface area contributed by atoms with Gasteiger partial charge in [-0.05, 0) is 48.9 Å². The third kappa shape index (κ3) is 5.67. The van der Waals surface area contributed by atoms with Crippen molar-refractivity contribution in [3.05, 3.63) is 65.2 Å². The molecule has 162 valence electrons. The highest BCUT2D eigenvalue weighted by molar-refractivity contribution is 6.04. The maximum Gasteiger partial charge on any atom is 0.255 e. The number of carbonyl (C=O) groups excluding carboxylic acids is 2. The molecule has 0 aliphatic carbocycles. The van der Waals surface area contributed by atoms with Gasteiger partial charge >= 0.3 is 0 Å². The highest BCUT2D eigenvalue weighted by Crippen LogP contribution is 2.25. The molecule has 0 unspecified atom stereocenters. The van der Waals surface area contributed by atoms with Gasteiger partial charge in [-0.1, -0.05) is 12.1 Å². The molecule has 0 saturated carbocycles. The summed E-state index contributed by atoms with van der Waals surface area (Å²) in [4.78, 5) is 26.2. The zero-order valence-electron chi connectivity index (χ0n) is 17.3. The molecule has 1 saturated heterocycles. The van der Waals surface area contributed by atoms with Crippen molar-refractivity contribution >= 4 is 17.5 Å². The standard InChI is InChI=1S/C23H25N3O5/c1-2-30-12-11-26-20(14-31-15-21(26)27)22(28)17-7-9-19(10-8-17)25-23(29)18-5-3-16(13-24)4-6-18/h3-10,20,22,28H,2,11-12,14-15H2,1H3,(H,25,29)/t20-,22-/m1/s1. The van der Waals surface area contributed by atoms with Crippen LogP contribution in [0.4, 0.5) is 5.69 Å². The Morgan fingerprint density at radius 2 is 2.00 bits per heavy atom. The molecule has 2 amide bonds. The summed E-state index contributed by atoms with van der Waals surface area (Å²) in [6.07, 6.45) is -0.936. The minimum Gasteiger partial charge on any atom is -0.386 e. The summed E-state index contributed by atoms with van der Waals surface area (Å²) in [5, 5.41) is 22.5. The Labute approximate surface area is 181 Å². The van der Waals surface area contributed by atoms with Gasteiger partial charge in [0.2, 0.25) is 5.91 Å². The number of amides is 2. The largest absolute Gasteiger partial charge is 0.386 e. The molecule has 0 aromatic heterocycles. The van der Waals surface area contributed by atoms with Crippen molar-refractivity contribution in [2.75, 3.05) is 38.3 Å². The van der Waals surface area contributed by atoms with E-state index in [9.17, 15) is 14.7 Å². The van der Waals surface area contributed by atoms with E-state index in [-0.39, 0.29) is 25.0 Å². The Hall–Kier alpha value is -3.25. The van der Waals surface area contributed by atoms with Gasteiger partial charge in [-0.15, -0.1) is 0 Å². The predicted octanol–water partition coefficient (Wildman–Crippen LogP) is 2.11. The fourth-order valence-corrected chi connectivity index (χ4v) is 3.37. The Morgan fingerprint density at radius 3 is 2.65 bits per heavy atom. The van der Waals surface area contributed by atoms with Crippen molar-refractivity contribution in [1.82, 2.24) is 4.90 Å². The number of nitriles is 1. The molecule has 1 aliphatic rings. The molecule has 2 aromatic rings. The first kappa shape index (κ1) is 22.4. The van der Waals surface area contributed by atoms with Gasteiger partial charge in [0, 0.05) is 24.4 Å². The number of rotatable bonds is 8. The molecule has 2 N–H and O–H groups in total. The van der Waals surface area contributed by atoms with Crippen LogP contribution in [0.15, 0.2) is 48.5 Å². The van der Waals surface area contributed by atoms with Gasteiger partial charge < -0.3 is 24.8 Å². The van der Waals surface area contributed by atoms with E-state index < -0.39 is 12.1 Å². The van der Waals surface area contributed by atoms with Gasteiger partial charge in [0.05, 0.1) is 30.9 Å². The summed E-state index contributed by atoms with van der Waals surface area (Å²) < 4.78 is 10.7. The monoisotopic (exact) mass is 423 g/mol. The number of carbonyl (C=O) groups is 2. The van der Waals surface area contributed by atoms with Gasteiger partial charge in [0.15, 0.2) is 0 Å². The van der Waals surface area contributed by atoms with Gasteiger partial charge in [0.1, 0.15) is 12.7 Å². The third-order valence-electron chi connectivity index (χ3n) is 5.07. The number of ether oxygens (including phenoxy) is 2. The van der Waals surface area contributed by atoms with Crippen molar-refractivity contribution in [2.45, 2.75) is 19.1 Å². The predicted molar refractivity (Wildman–Crippen MR) is 113 cm³/mol. The van der Waals surface area contributed by atoms with E-state index in [1.54, 1.807) is 53.4 Å². The maximum absolute atomic E-state index is 12.4. The van der Waals surface area contributed by atoms with Crippen LogP contribution in [0.25, 0.3) is 0 Å². The first-order valence-corrected chi connectivity index (χ1v) is 10.1. The molecule has 0 spiro atoms. The van der Waals surface area contributed by atoms with Crippen LogP contribution in [0.2, 0.25) is 0 Å². The molecule has 1 aliphatic heterocycles. The van der Waals surface area contributed by atoms with Crippen LogP contribution in [0.3, 0.4) is 0 Å². The molecule has 3 rings (SSSR count). The van der Waals surface area contributed by atoms with E-state index >= 15 is 0 Å². The second-order valence-corrected chi connectivity index (χ2v) is 7.08. The van der Waals surface area contributed by atoms with E-state index in [0.29, 0.717) is 42.1 Å². The molecule has 0 radical (unpaired) electrons. The molecule has 8 nitrogen and oxygen atoms in total. The molecule has 31 heavy (non-hydrogen) atoms. The summed E-state index contributed by atoms with van der Waals surface area (Å²) in [6.45, 7) is 3.45. The summed E-state index contributed by atoms with van der Waals surface area (Å²) in [6, 6.07) is 14.6. The number of nitrogens with zero attached hydrogens (tertiary/aromatic N) is 2. The number of hydrogen-bond acceptors (Lipinski definition) is 6. The first-order valence-electron chi connectivity index (χ1n) is 10.1. The molecule has 2 atom stereocenters. The topological polar surface area (TPSA) is 112 Å². The van der Waals surface area contributed by atoms with Crippen LogP contribution in [-0.2, 0) is 14.3 Å². The van der Waals surface area contributed by atoms with Crippen LogP contribution in [0, 0.1) is 11.3 Å². The van der Waals surface area contributed by atoms with E-state index in [4.69, 9.17) is 14.7 Å². The number of aliphatic hydroxyl groups excluding tert-OH is 1. The van der Waals surface area contributed by atoms with Crippen LogP contribution in [-0.4, -0.2) is 60.8 Å². The minimum atomic E-state index is -0.936. The Balaban J connectivity index is 1.65. The van der Waals surface area contributed by atoms with E-state index in [2.05, 4.69) is 5.32 Å². The van der Waals surface area contributed by atoms with E-state index in [1.807, 2.05) is 13.0 Å². The number of morpholine rings is 1. The Bertz CT molecular complexity index is 937. The quantitative estimate of drug-likeness (QED) is 0.629. The molecule has 1 heterocycles.